The summed E-state index contributed by atoms with van der Waals surface area (Å²) in [5.41, 5.74) is 5.79. The van der Waals surface area contributed by atoms with E-state index in [1.165, 1.54) is 31.9 Å². The first-order valence-electron chi connectivity index (χ1n) is 6.71. The van der Waals surface area contributed by atoms with Crippen molar-refractivity contribution in [3.63, 3.8) is 0 Å². The van der Waals surface area contributed by atoms with Gasteiger partial charge in [-0.2, -0.15) is 0 Å². The molecule has 0 aromatic heterocycles. The van der Waals surface area contributed by atoms with Gasteiger partial charge in [-0.05, 0) is 19.3 Å². The maximum Gasteiger partial charge on any atom is 0.188 e. The van der Waals surface area contributed by atoms with Crippen LogP contribution >= 0.6 is 24.0 Å². The quantitative estimate of drug-likeness (QED) is 0.241. The molecule has 19 heavy (non-hydrogen) atoms. The Morgan fingerprint density at radius 2 is 1.84 bits per heavy atom. The van der Waals surface area contributed by atoms with Gasteiger partial charge in [0.15, 0.2) is 5.96 Å². The van der Waals surface area contributed by atoms with Crippen LogP contribution in [0.4, 0.5) is 0 Å². The summed E-state index contributed by atoms with van der Waals surface area (Å²) in [5.74, 6) is 0.628. The van der Waals surface area contributed by atoms with Gasteiger partial charge in [0.2, 0.25) is 0 Å². The highest BCUT2D eigenvalue weighted by molar-refractivity contribution is 14.0. The Morgan fingerprint density at radius 1 is 1.26 bits per heavy atom. The molecule has 5 nitrogen and oxygen atoms in total. The standard InChI is InChI=1S/C12H25N3O2S.HI/c1-18(16,17)10-6-9-14-12(13)15-11-7-4-2-3-5-8-11;/h11H,2-10H2,1H3,(H3,13,14,15);1H. The van der Waals surface area contributed by atoms with Crippen LogP contribution in [0.25, 0.3) is 0 Å². The van der Waals surface area contributed by atoms with Gasteiger partial charge >= 0.3 is 0 Å². The van der Waals surface area contributed by atoms with Crippen LogP contribution in [0, 0.1) is 0 Å². The van der Waals surface area contributed by atoms with E-state index in [1.807, 2.05) is 0 Å². The van der Waals surface area contributed by atoms with E-state index in [4.69, 9.17) is 5.73 Å². The zero-order valence-electron chi connectivity index (χ0n) is 11.6. The van der Waals surface area contributed by atoms with Gasteiger partial charge in [0.05, 0.1) is 5.75 Å². The largest absolute Gasteiger partial charge is 0.370 e. The van der Waals surface area contributed by atoms with E-state index in [1.54, 1.807) is 0 Å². The summed E-state index contributed by atoms with van der Waals surface area (Å²) in [7, 11) is -2.88. The Balaban J connectivity index is 0.00000324. The van der Waals surface area contributed by atoms with E-state index >= 15 is 0 Å². The summed E-state index contributed by atoms with van der Waals surface area (Å²) in [6.45, 7) is 0.471. The van der Waals surface area contributed by atoms with E-state index < -0.39 is 9.84 Å². The normalized spacial score (nSPS) is 18.5. The molecule has 0 aliphatic heterocycles. The zero-order valence-corrected chi connectivity index (χ0v) is 14.7. The second-order valence-corrected chi connectivity index (χ2v) is 7.34. The van der Waals surface area contributed by atoms with Crippen molar-refractivity contribution >= 4 is 39.8 Å². The summed E-state index contributed by atoms with van der Waals surface area (Å²) >= 11 is 0. The third-order valence-corrected chi connectivity index (χ3v) is 4.19. The lowest BCUT2D eigenvalue weighted by Crippen LogP contribution is -2.39. The van der Waals surface area contributed by atoms with Gasteiger partial charge in [-0.3, -0.25) is 4.99 Å². The maximum atomic E-state index is 10.9. The molecule has 0 aromatic rings. The van der Waals surface area contributed by atoms with Crippen LogP contribution in [0.5, 0.6) is 0 Å². The topological polar surface area (TPSA) is 84.5 Å². The number of nitrogens with zero attached hydrogens (tertiary/aromatic N) is 1. The maximum absolute atomic E-state index is 10.9. The van der Waals surface area contributed by atoms with Gasteiger partial charge in [-0.25, -0.2) is 8.42 Å². The Kier molecular flexibility index (Phi) is 9.77. The number of aliphatic imine (C=N–C) groups is 1. The number of halogens is 1. The molecule has 0 aromatic carbocycles. The molecule has 0 heterocycles. The molecule has 1 rings (SSSR count). The molecular formula is C12H26IN3O2S. The first-order chi connectivity index (χ1) is 8.47. The summed E-state index contributed by atoms with van der Waals surface area (Å²) in [5, 5.41) is 3.23. The lowest BCUT2D eigenvalue weighted by atomic mass is 10.1. The molecule has 0 atom stereocenters. The number of hydrogen-bond acceptors (Lipinski definition) is 3. The summed E-state index contributed by atoms with van der Waals surface area (Å²) < 4.78 is 21.9. The molecule has 0 unspecified atom stereocenters. The minimum atomic E-state index is -2.88. The lowest BCUT2D eigenvalue weighted by molar-refractivity contribution is 0.530. The predicted octanol–water partition coefficient (Wildman–Crippen LogP) is 1.67. The molecule has 3 N–H and O–H groups in total. The fourth-order valence-corrected chi connectivity index (χ4v) is 2.86. The SMILES string of the molecule is CS(=O)(=O)CCCN=C(N)NC1CCCCCC1.I. The Morgan fingerprint density at radius 3 is 2.37 bits per heavy atom. The van der Waals surface area contributed by atoms with Crippen molar-refractivity contribution in [2.75, 3.05) is 18.6 Å². The number of guanidine groups is 1. The Bertz CT molecular complexity index is 363. The number of sulfone groups is 1. The van der Waals surface area contributed by atoms with Crippen molar-refractivity contribution in [3.8, 4) is 0 Å². The predicted molar refractivity (Wildman–Crippen MR) is 90.9 cm³/mol. The molecule has 1 fully saturated rings. The molecular weight excluding hydrogens is 377 g/mol. The van der Waals surface area contributed by atoms with Crippen LogP contribution in [0.1, 0.15) is 44.9 Å². The first kappa shape index (κ1) is 18.9. The van der Waals surface area contributed by atoms with Crippen molar-refractivity contribution in [1.29, 1.82) is 0 Å². The van der Waals surface area contributed by atoms with Crippen LogP contribution in [0.15, 0.2) is 4.99 Å². The molecule has 0 bridgehead atoms. The molecule has 1 aliphatic rings. The third-order valence-electron chi connectivity index (χ3n) is 3.16. The highest BCUT2D eigenvalue weighted by Gasteiger charge is 2.12. The minimum Gasteiger partial charge on any atom is -0.370 e. The minimum absolute atomic E-state index is 0. The molecule has 114 valence electrons. The van der Waals surface area contributed by atoms with E-state index in [-0.39, 0.29) is 29.7 Å². The monoisotopic (exact) mass is 403 g/mol. The number of nitrogens with one attached hydrogen (secondary N) is 1. The van der Waals surface area contributed by atoms with Crippen LogP contribution < -0.4 is 11.1 Å². The Labute approximate surface area is 133 Å². The van der Waals surface area contributed by atoms with Gasteiger partial charge in [0.1, 0.15) is 9.84 Å². The molecule has 0 spiro atoms. The molecule has 1 aliphatic carbocycles. The average molecular weight is 403 g/mol. The second kappa shape index (κ2) is 9.79. The van der Waals surface area contributed by atoms with Crippen molar-refractivity contribution in [1.82, 2.24) is 5.32 Å². The molecule has 1 saturated carbocycles. The van der Waals surface area contributed by atoms with Gasteiger partial charge in [-0.15, -0.1) is 24.0 Å². The van der Waals surface area contributed by atoms with Crippen molar-refractivity contribution < 1.29 is 8.42 Å². The Hall–Kier alpha value is -0.0500. The smallest absolute Gasteiger partial charge is 0.188 e. The van der Waals surface area contributed by atoms with E-state index in [9.17, 15) is 8.42 Å². The number of rotatable bonds is 5. The number of hydrogen-bond donors (Lipinski definition) is 2. The fourth-order valence-electron chi connectivity index (χ4n) is 2.20. The van der Waals surface area contributed by atoms with Crippen LogP contribution in [-0.2, 0) is 9.84 Å². The first-order valence-corrected chi connectivity index (χ1v) is 8.77. The van der Waals surface area contributed by atoms with Gasteiger partial charge < -0.3 is 11.1 Å². The molecule has 0 radical (unpaired) electrons. The third kappa shape index (κ3) is 10.4. The molecule has 7 heteroatoms. The fraction of sp³-hybridized carbons (Fsp3) is 0.917. The molecule has 0 saturated heterocycles. The number of nitrogens with two attached hydrogens (primary N) is 1. The van der Waals surface area contributed by atoms with Gasteiger partial charge in [0, 0.05) is 18.8 Å². The zero-order chi connectivity index (χ0) is 13.4. The van der Waals surface area contributed by atoms with Crippen molar-refractivity contribution in [3.05, 3.63) is 0 Å². The summed E-state index contributed by atoms with van der Waals surface area (Å²) in [6.07, 6.45) is 9.19. The van der Waals surface area contributed by atoms with Gasteiger partial charge in [0.25, 0.3) is 0 Å². The summed E-state index contributed by atoms with van der Waals surface area (Å²) in [6, 6.07) is 0.436. The van der Waals surface area contributed by atoms with Crippen molar-refractivity contribution in [2.45, 2.75) is 51.0 Å². The summed E-state index contributed by atoms with van der Waals surface area (Å²) in [4.78, 5) is 4.17. The molecule has 0 amide bonds. The highest BCUT2D eigenvalue weighted by Crippen LogP contribution is 2.16. The highest BCUT2D eigenvalue weighted by atomic mass is 127. The van der Waals surface area contributed by atoms with Crippen LogP contribution in [-0.4, -0.2) is 39.0 Å². The lowest BCUT2D eigenvalue weighted by Gasteiger charge is -2.16. The van der Waals surface area contributed by atoms with Crippen LogP contribution in [0.2, 0.25) is 0 Å². The van der Waals surface area contributed by atoms with E-state index in [2.05, 4.69) is 10.3 Å². The van der Waals surface area contributed by atoms with Crippen LogP contribution in [0.3, 0.4) is 0 Å². The van der Waals surface area contributed by atoms with Crippen molar-refractivity contribution in [2.24, 2.45) is 10.7 Å². The van der Waals surface area contributed by atoms with E-state index in [0.29, 0.717) is 25.0 Å². The average Bonchev–Trinajstić information content (AvgIpc) is 2.52. The van der Waals surface area contributed by atoms with Gasteiger partial charge in [-0.1, -0.05) is 25.7 Å². The second-order valence-electron chi connectivity index (χ2n) is 5.08. The van der Waals surface area contributed by atoms with E-state index in [0.717, 1.165) is 12.8 Å².